The number of hydrogen-bond acceptors (Lipinski definition) is 2. The zero-order valence-corrected chi connectivity index (χ0v) is 13.6. The Morgan fingerprint density at radius 1 is 0.958 bits per heavy atom. The summed E-state index contributed by atoms with van der Waals surface area (Å²) in [7, 11) is 0. The number of hydrogen-bond donors (Lipinski definition) is 3. The average Bonchev–Trinajstić information content (AvgIpc) is 3.41. The van der Waals surface area contributed by atoms with E-state index in [2.05, 4.69) is 16.0 Å². The fourth-order valence-electron chi connectivity index (χ4n) is 2.56. The van der Waals surface area contributed by atoms with E-state index in [1.54, 1.807) is 36.4 Å². The lowest BCUT2D eigenvalue weighted by molar-refractivity contribution is 0.102. The van der Waals surface area contributed by atoms with Gasteiger partial charge < -0.3 is 16.0 Å². The molecule has 5 nitrogen and oxygen atoms in total. The lowest BCUT2D eigenvalue weighted by Crippen LogP contribution is -2.37. The molecule has 24 heavy (non-hydrogen) atoms. The molecular formula is C19H21N3O2. The Morgan fingerprint density at radius 2 is 1.62 bits per heavy atom. The van der Waals surface area contributed by atoms with Gasteiger partial charge in [-0.2, -0.15) is 0 Å². The van der Waals surface area contributed by atoms with Gasteiger partial charge in [0.15, 0.2) is 0 Å². The van der Waals surface area contributed by atoms with Gasteiger partial charge in [0.05, 0.1) is 0 Å². The van der Waals surface area contributed by atoms with E-state index in [0.717, 1.165) is 0 Å². The standard InChI is InChI=1S/C19H21N3O2/c1-13(14-10-11-14)20-19(24)22-17-9-5-8-16(12-17)21-18(23)15-6-3-2-4-7-15/h2-9,12-14H,10-11H2,1H3,(H,21,23)(H2,20,22,24). The second-order valence-electron chi connectivity index (χ2n) is 6.13. The predicted molar refractivity (Wildman–Crippen MR) is 95.2 cm³/mol. The third kappa shape index (κ3) is 4.35. The third-order valence-corrected chi connectivity index (χ3v) is 4.10. The van der Waals surface area contributed by atoms with Crippen molar-refractivity contribution in [1.82, 2.24) is 5.32 Å². The first kappa shape index (κ1) is 16.1. The monoisotopic (exact) mass is 323 g/mol. The van der Waals surface area contributed by atoms with Crippen LogP contribution in [0.1, 0.15) is 30.1 Å². The molecule has 1 aliphatic carbocycles. The van der Waals surface area contributed by atoms with E-state index in [-0.39, 0.29) is 18.0 Å². The van der Waals surface area contributed by atoms with Crippen LogP contribution in [0.25, 0.3) is 0 Å². The van der Waals surface area contributed by atoms with E-state index in [1.807, 2.05) is 25.1 Å². The van der Waals surface area contributed by atoms with Crippen LogP contribution in [-0.4, -0.2) is 18.0 Å². The molecular weight excluding hydrogens is 302 g/mol. The summed E-state index contributed by atoms with van der Waals surface area (Å²) in [6.45, 7) is 2.02. The van der Waals surface area contributed by atoms with Gasteiger partial charge in [-0.3, -0.25) is 4.79 Å². The molecule has 0 saturated heterocycles. The Balaban J connectivity index is 1.59. The van der Waals surface area contributed by atoms with Crippen molar-refractivity contribution in [3.05, 3.63) is 60.2 Å². The Morgan fingerprint density at radius 3 is 2.29 bits per heavy atom. The summed E-state index contributed by atoms with van der Waals surface area (Å²) in [5, 5.41) is 8.58. The number of urea groups is 1. The predicted octanol–water partition coefficient (Wildman–Crippen LogP) is 3.86. The summed E-state index contributed by atoms with van der Waals surface area (Å²) in [5.41, 5.74) is 1.87. The van der Waals surface area contributed by atoms with Crippen LogP contribution in [0.2, 0.25) is 0 Å². The fourth-order valence-corrected chi connectivity index (χ4v) is 2.56. The molecule has 0 heterocycles. The van der Waals surface area contributed by atoms with Crippen molar-refractivity contribution in [2.45, 2.75) is 25.8 Å². The number of carbonyl (C=O) groups is 2. The molecule has 1 unspecified atom stereocenters. The summed E-state index contributed by atoms with van der Waals surface area (Å²) in [6, 6.07) is 16.1. The fraction of sp³-hybridized carbons (Fsp3) is 0.263. The highest BCUT2D eigenvalue weighted by molar-refractivity contribution is 6.04. The van der Waals surface area contributed by atoms with Crippen molar-refractivity contribution in [2.24, 2.45) is 5.92 Å². The molecule has 2 aromatic carbocycles. The molecule has 0 aromatic heterocycles. The lowest BCUT2D eigenvalue weighted by atomic mass is 10.2. The number of rotatable bonds is 5. The van der Waals surface area contributed by atoms with Crippen LogP contribution < -0.4 is 16.0 Å². The minimum atomic E-state index is -0.221. The number of amides is 3. The van der Waals surface area contributed by atoms with E-state index < -0.39 is 0 Å². The molecule has 0 bridgehead atoms. The van der Waals surface area contributed by atoms with Gasteiger partial charge >= 0.3 is 6.03 Å². The van der Waals surface area contributed by atoms with Crippen molar-refractivity contribution in [3.63, 3.8) is 0 Å². The molecule has 1 atom stereocenters. The number of nitrogens with one attached hydrogen (secondary N) is 3. The normalized spacial score (nSPS) is 14.5. The zero-order chi connectivity index (χ0) is 16.9. The van der Waals surface area contributed by atoms with E-state index in [1.165, 1.54) is 12.8 Å². The SMILES string of the molecule is CC(NC(=O)Nc1cccc(NC(=O)c2ccccc2)c1)C1CC1. The molecule has 2 aromatic rings. The summed E-state index contributed by atoms with van der Waals surface area (Å²) in [6.07, 6.45) is 2.37. The molecule has 0 spiro atoms. The Kier molecular flexibility index (Phi) is 4.79. The average molecular weight is 323 g/mol. The van der Waals surface area contributed by atoms with Gasteiger partial charge in [0.1, 0.15) is 0 Å². The van der Waals surface area contributed by atoms with Crippen molar-refractivity contribution in [1.29, 1.82) is 0 Å². The topological polar surface area (TPSA) is 70.2 Å². The highest BCUT2D eigenvalue weighted by atomic mass is 16.2. The van der Waals surface area contributed by atoms with Crippen LogP contribution in [0, 0.1) is 5.92 Å². The van der Waals surface area contributed by atoms with Crippen LogP contribution in [0.3, 0.4) is 0 Å². The minimum absolute atomic E-state index is 0.181. The first-order valence-corrected chi connectivity index (χ1v) is 8.16. The van der Waals surface area contributed by atoms with Crippen molar-refractivity contribution in [2.75, 3.05) is 10.6 Å². The summed E-state index contributed by atoms with van der Waals surface area (Å²) >= 11 is 0. The molecule has 3 N–H and O–H groups in total. The Hall–Kier alpha value is -2.82. The first-order valence-electron chi connectivity index (χ1n) is 8.16. The number of anilines is 2. The largest absolute Gasteiger partial charge is 0.335 e. The van der Waals surface area contributed by atoms with Crippen LogP contribution in [0.4, 0.5) is 16.2 Å². The maximum atomic E-state index is 12.2. The van der Waals surface area contributed by atoms with E-state index >= 15 is 0 Å². The molecule has 1 saturated carbocycles. The molecule has 3 rings (SSSR count). The number of benzene rings is 2. The Bertz CT molecular complexity index is 726. The molecule has 0 aliphatic heterocycles. The Labute approximate surface area is 141 Å². The quantitative estimate of drug-likeness (QED) is 0.782. The van der Waals surface area contributed by atoms with Crippen molar-refractivity contribution >= 4 is 23.3 Å². The smallest absolute Gasteiger partial charge is 0.319 e. The lowest BCUT2D eigenvalue weighted by Gasteiger charge is -2.14. The van der Waals surface area contributed by atoms with Crippen LogP contribution in [-0.2, 0) is 0 Å². The number of carbonyl (C=O) groups excluding carboxylic acids is 2. The third-order valence-electron chi connectivity index (χ3n) is 4.10. The van der Waals surface area contributed by atoms with Gasteiger partial charge in [0, 0.05) is 23.0 Å². The van der Waals surface area contributed by atoms with Gasteiger partial charge in [-0.15, -0.1) is 0 Å². The van der Waals surface area contributed by atoms with Gasteiger partial charge in [-0.25, -0.2) is 4.79 Å². The maximum Gasteiger partial charge on any atom is 0.319 e. The highest BCUT2D eigenvalue weighted by Gasteiger charge is 2.28. The van der Waals surface area contributed by atoms with E-state index in [0.29, 0.717) is 22.9 Å². The molecule has 1 fully saturated rings. The second kappa shape index (κ2) is 7.17. The van der Waals surface area contributed by atoms with Crippen LogP contribution >= 0.6 is 0 Å². The summed E-state index contributed by atoms with van der Waals surface area (Å²) < 4.78 is 0. The van der Waals surface area contributed by atoms with E-state index in [4.69, 9.17) is 0 Å². The highest BCUT2D eigenvalue weighted by Crippen LogP contribution is 2.32. The van der Waals surface area contributed by atoms with Gasteiger partial charge in [-0.05, 0) is 56.0 Å². The minimum Gasteiger partial charge on any atom is -0.335 e. The van der Waals surface area contributed by atoms with Crippen molar-refractivity contribution < 1.29 is 9.59 Å². The molecule has 1 aliphatic rings. The molecule has 124 valence electrons. The van der Waals surface area contributed by atoms with Gasteiger partial charge in [-0.1, -0.05) is 24.3 Å². The maximum absolute atomic E-state index is 12.2. The zero-order valence-electron chi connectivity index (χ0n) is 13.6. The summed E-state index contributed by atoms with van der Waals surface area (Å²) in [4.78, 5) is 24.2. The molecule has 5 heteroatoms. The summed E-state index contributed by atoms with van der Waals surface area (Å²) in [5.74, 6) is 0.423. The second-order valence-corrected chi connectivity index (χ2v) is 6.13. The van der Waals surface area contributed by atoms with Crippen LogP contribution in [0.15, 0.2) is 54.6 Å². The first-order chi connectivity index (χ1) is 11.6. The van der Waals surface area contributed by atoms with Gasteiger partial charge in [0.25, 0.3) is 5.91 Å². The van der Waals surface area contributed by atoms with Crippen LogP contribution in [0.5, 0.6) is 0 Å². The van der Waals surface area contributed by atoms with E-state index in [9.17, 15) is 9.59 Å². The van der Waals surface area contributed by atoms with Gasteiger partial charge in [0.2, 0.25) is 0 Å². The molecule has 3 amide bonds. The van der Waals surface area contributed by atoms with Crippen molar-refractivity contribution in [3.8, 4) is 0 Å². The molecule has 0 radical (unpaired) electrons.